The quantitative estimate of drug-likeness (QED) is 0.474. The Morgan fingerprint density at radius 2 is 1.60 bits per heavy atom. The molecule has 3 nitrogen and oxygen atoms in total. The Balaban J connectivity index is 1.42. The van der Waals surface area contributed by atoms with Crippen molar-refractivity contribution in [3.8, 4) is 0 Å². The van der Waals surface area contributed by atoms with Gasteiger partial charge in [-0.05, 0) is 62.0 Å². The molecule has 4 atom stereocenters. The van der Waals surface area contributed by atoms with E-state index < -0.39 is 11.5 Å². The molecule has 1 saturated heterocycles. The van der Waals surface area contributed by atoms with Crippen molar-refractivity contribution in [2.24, 2.45) is 17.8 Å². The largest absolute Gasteiger partial charge is 0.450 e. The van der Waals surface area contributed by atoms with Crippen LogP contribution in [0.2, 0.25) is 0 Å². The van der Waals surface area contributed by atoms with Crippen molar-refractivity contribution in [2.75, 3.05) is 0 Å². The van der Waals surface area contributed by atoms with Gasteiger partial charge in [-0.2, -0.15) is 0 Å². The van der Waals surface area contributed by atoms with Gasteiger partial charge in [0.2, 0.25) is 0 Å². The summed E-state index contributed by atoms with van der Waals surface area (Å²) in [5, 5.41) is 0. The number of benzene rings is 2. The summed E-state index contributed by atoms with van der Waals surface area (Å²) in [4.78, 5) is 27.1. The van der Waals surface area contributed by atoms with Crippen LogP contribution < -0.4 is 0 Å². The maximum Gasteiger partial charge on any atom is 0.318 e. The lowest BCUT2D eigenvalue weighted by Gasteiger charge is -2.38. The molecule has 30 heavy (non-hydrogen) atoms. The first-order valence-corrected chi connectivity index (χ1v) is 11.5. The van der Waals surface area contributed by atoms with Gasteiger partial charge in [-0.15, -0.1) is 0 Å². The number of esters is 1. The van der Waals surface area contributed by atoms with E-state index in [1.807, 2.05) is 24.3 Å². The van der Waals surface area contributed by atoms with Crippen molar-refractivity contribution in [3.05, 3.63) is 71.8 Å². The van der Waals surface area contributed by atoms with Gasteiger partial charge in [-0.25, -0.2) is 0 Å². The molecular weight excluding hydrogens is 372 g/mol. The zero-order chi connectivity index (χ0) is 20.6. The van der Waals surface area contributed by atoms with Crippen molar-refractivity contribution in [3.63, 3.8) is 0 Å². The second-order valence-electron chi connectivity index (χ2n) is 9.39. The monoisotopic (exact) mass is 402 g/mol. The highest BCUT2D eigenvalue weighted by Gasteiger charge is 2.62. The molecular formula is C27H30O3. The van der Waals surface area contributed by atoms with E-state index >= 15 is 0 Å². The van der Waals surface area contributed by atoms with Crippen molar-refractivity contribution in [2.45, 2.75) is 62.9 Å². The highest BCUT2D eigenvalue weighted by atomic mass is 16.6. The highest BCUT2D eigenvalue weighted by Crippen LogP contribution is 2.54. The van der Waals surface area contributed by atoms with E-state index in [0.29, 0.717) is 12.3 Å². The third-order valence-corrected chi connectivity index (χ3v) is 7.54. The predicted molar refractivity (Wildman–Crippen MR) is 116 cm³/mol. The first-order chi connectivity index (χ1) is 14.7. The topological polar surface area (TPSA) is 43.4 Å². The Bertz CT molecular complexity index is 902. The lowest BCUT2D eigenvalue weighted by molar-refractivity contribution is -0.162. The highest BCUT2D eigenvalue weighted by molar-refractivity contribution is 6.10. The first kappa shape index (κ1) is 19.5. The molecule has 2 saturated carbocycles. The SMILES string of the molecule is O=C1OC2(CCCCC2CCc2ccccc2)C(=O)C1C(c1ccccc1)C1CC1. The van der Waals surface area contributed by atoms with Crippen LogP contribution in [0.15, 0.2) is 60.7 Å². The van der Waals surface area contributed by atoms with Crippen molar-refractivity contribution in [1.29, 1.82) is 0 Å². The molecule has 0 radical (unpaired) electrons. The number of rotatable bonds is 6. The van der Waals surface area contributed by atoms with Gasteiger partial charge < -0.3 is 4.74 Å². The summed E-state index contributed by atoms with van der Waals surface area (Å²) in [6.07, 6.45) is 7.76. The van der Waals surface area contributed by atoms with Crippen molar-refractivity contribution < 1.29 is 14.3 Å². The van der Waals surface area contributed by atoms with E-state index in [0.717, 1.165) is 50.5 Å². The molecule has 3 heteroatoms. The maximum absolute atomic E-state index is 13.9. The molecule has 0 bridgehead atoms. The summed E-state index contributed by atoms with van der Waals surface area (Å²) in [6.45, 7) is 0. The van der Waals surface area contributed by atoms with Crippen LogP contribution in [-0.2, 0) is 20.7 Å². The lowest BCUT2D eigenvalue weighted by Crippen LogP contribution is -2.48. The fraction of sp³-hybridized carbons (Fsp3) is 0.481. The summed E-state index contributed by atoms with van der Waals surface area (Å²) < 4.78 is 6.11. The smallest absolute Gasteiger partial charge is 0.318 e. The number of hydrogen-bond donors (Lipinski definition) is 0. The molecule has 1 spiro atoms. The number of ketones is 1. The minimum absolute atomic E-state index is 0.0257. The number of hydrogen-bond acceptors (Lipinski definition) is 3. The Hall–Kier alpha value is -2.42. The number of ether oxygens (including phenoxy) is 1. The fourth-order valence-corrected chi connectivity index (χ4v) is 5.88. The molecule has 3 aliphatic rings. The molecule has 2 aromatic rings. The molecule has 2 aliphatic carbocycles. The van der Waals surface area contributed by atoms with Crippen LogP contribution in [0.5, 0.6) is 0 Å². The van der Waals surface area contributed by atoms with Gasteiger partial charge in [0.15, 0.2) is 11.4 Å². The Labute approximate surface area is 178 Å². The van der Waals surface area contributed by atoms with Gasteiger partial charge in [0, 0.05) is 11.8 Å². The predicted octanol–water partition coefficient (Wildman–Crippen LogP) is 5.48. The number of aryl methyl sites for hydroxylation is 1. The Morgan fingerprint density at radius 3 is 2.30 bits per heavy atom. The van der Waals surface area contributed by atoms with Crippen LogP contribution in [0.25, 0.3) is 0 Å². The summed E-state index contributed by atoms with van der Waals surface area (Å²) in [5.74, 6) is -0.295. The third-order valence-electron chi connectivity index (χ3n) is 7.54. The summed E-state index contributed by atoms with van der Waals surface area (Å²) in [6, 6.07) is 20.6. The van der Waals surface area contributed by atoms with E-state index in [2.05, 4.69) is 36.4 Å². The summed E-state index contributed by atoms with van der Waals surface area (Å²) in [5.41, 5.74) is 1.51. The van der Waals surface area contributed by atoms with Crippen molar-refractivity contribution in [1.82, 2.24) is 0 Å². The molecule has 0 aromatic heterocycles. The Morgan fingerprint density at radius 1 is 0.900 bits per heavy atom. The fourth-order valence-electron chi connectivity index (χ4n) is 5.88. The normalized spacial score (nSPS) is 29.7. The van der Waals surface area contributed by atoms with Gasteiger partial charge >= 0.3 is 5.97 Å². The lowest BCUT2D eigenvalue weighted by atomic mass is 9.67. The minimum Gasteiger partial charge on any atom is -0.450 e. The van der Waals surface area contributed by atoms with Gasteiger partial charge in [-0.1, -0.05) is 67.1 Å². The second-order valence-corrected chi connectivity index (χ2v) is 9.39. The van der Waals surface area contributed by atoms with Gasteiger partial charge in [-0.3, -0.25) is 9.59 Å². The van der Waals surface area contributed by atoms with E-state index in [9.17, 15) is 9.59 Å². The van der Waals surface area contributed by atoms with Crippen LogP contribution in [0, 0.1) is 17.8 Å². The number of carbonyl (C=O) groups is 2. The molecule has 156 valence electrons. The zero-order valence-electron chi connectivity index (χ0n) is 17.5. The van der Waals surface area contributed by atoms with Crippen molar-refractivity contribution >= 4 is 11.8 Å². The maximum atomic E-state index is 13.9. The van der Waals surface area contributed by atoms with Gasteiger partial charge in [0.25, 0.3) is 0 Å². The van der Waals surface area contributed by atoms with E-state index in [4.69, 9.17) is 4.74 Å². The molecule has 0 N–H and O–H groups in total. The van der Waals surface area contributed by atoms with E-state index in [1.54, 1.807) is 0 Å². The summed E-state index contributed by atoms with van der Waals surface area (Å²) >= 11 is 0. The average Bonchev–Trinajstić information content (AvgIpc) is 3.59. The molecule has 2 aromatic carbocycles. The summed E-state index contributed by atoms with van der Waals surface area (Å²) in [7, 11) is 0. The van der Waals surface area contributed by atoms with E-state index in [-0.39, 0.29) is 23.6 Å². The molecule has 1 aliphatic heterocycles. The van der Waals surface area contributed by atoms with Crippen LogP contribution >= 0.6 is 0 Å². The average molecular weight is 403 g/mol. The molecule has 4 unspecified atom stereocenters. The molecule has 3 fully saturated rings. The van der Waals surface area contributed by atoms with Crippen LogP contribution in [0.3, 0.4) is 0 Å². The second kappa shape index (κ2) is 8.02. The first-order valence-electron chi connectivity index (χ1n) is 11.5. The van der Waals surface area contributed by atoms with Gasteiger partial charge in [0.05, 0.1) is 0 Å². The molecule has 1 heterocycles. The molecule has 5 rings (SSSR count). The van der Waals surface area contributed by atoms with Crippen LogP contribution in [0.4, 0.5) is 0 Å². The van der Waals surface area contributed by atoms with Crippen LogP contribution in [-0.4, -0.2) is 17.4 Å². The zero-order valence-corrected chi connectivity index (χ0v) is 17.5. The number of carbonyl (C=O) groups excluding carboxylic acids is 2. The van der Waals surface area contributed by atoms with Gasteiger partial charge in [0.1, 0.15) is 5.92 Å². The Kier molecular flexibility index (Phi) is 5.22. The third kappa shape index (κ3) is 3.49. The standard InChI is InChI=1S/C27H30O3/c28-25-24(23(21-15-16-21)20-11-5-2-6-12-20)26(29)30-27(25)18-8-7-13-22(27)17-14-19-9-3-1-4-10-19/h1-6,9-12,21-24H,7-8,13-18H2. The number of Topliss-reactive ketones (excluding diaryl/α,β-unsaturated/α-hetero) is 1. The van der Waals surface area contributed by atoms with Crippen LogP contribution in [0.1, 0.15) is 62.0 Å². The minimum atomic E-state index is -0.892. The van der Waals surface area contributed by atoms with E-state index in [1.165, 1.54) is 5.56 Å². The molecule has 0 amide bonds.